The van der Waals surface area contributed by atoms with Gasteiger partial charge in [0.05, 0.1) is 18.7 Å². The summed E-state index contributed by atoms with van der Waals surface area (Å²) in [6.45, 7) is 1.82. The highest BCUT2D eigenvalue weighted by Crippen LogP contribution is 2.25. The molecule has 1 aromatic carbocycles. The lowest BCUT2D eigenvalue weighted by Crippen LogP contribution is -2.10. The van der Waals surface area contributed by atoms with Crippen molar-refractivity contribution < 1.29 is 4.74 Å². The average Bonchev–Trinajstić information content (AvgIpc) is 2.28. The molecule has 2 N–H and O–H groups in total. The number of aromatic nitrogens is 2. The van der Waals surface area contributed by atoms with Crippen LogP contribution in [0.5, 0.6) is 5.75 Å². The van der Waals surface area contributed by atoms with Crippen molar-refractivity contribution in [2.45, 2.75) is 13.0 Å². The Morgan fingerprint density at radius 2 is 2.12 bits per heavy atom. The molecule has 0 aliphatic rings. The van der Waals surface area contributed by atoms with Crippen LogP contribution in [0.4, 0.5) is 0 Å². The maximum Gasteiger partial charge on any atom is 0.147 e. The van der Waals surface area contributed by atoms with Crippen LogP contribution in [-0.2, 0) is 0 Å². The van der Waals surface area contributed by atoms with Crippen LogP contribution in [0.1, 0.15) is 18.8 Å². The predicted molar refractivity (Wildman–Crippen MR) is 63.7 cm³/mol. The number of methoxy groups -OCH3 is 1. The Kier molecular flexibility index (Phi) is 2.94. The van der Waals surface area contributed by atoms with E-state index < -0.39 is 0 Å². The second-order valence-electron chi connectivity index (χ2n) is 3.54. The van der Waals surface area contributed by atoms with Crippen molar-refractivity contribution in [1.82, 2.24) is 9.97 Å². The van der Waals surface area contributed by atoms with Crippen molar-refractivity contribution in [2.24, 2.45) is 5.73 Å². The minimum Gasteiger partial charge on any atom is -0.497 e. The molecule has 16 heavy (non-hydrogen) atoms. The van der Waals surface area contributed by atoms with Gasteiger partial charge in [-0.05, 0) is 19.1 Å². The Morgan fingerprint density at radius 3 is 2.75 bits per heavy atom. The van der Waals surface area contributed by atoms with Crippen molar-refractivity contribution in [3.05, 3.63) is 29.2 Å². The van der Waals surface area contributed by atoms with E-state index in [4.69, 9.17) is 22.1 Å². The Bertz CT molecular complexity index is 528. The highest BCUT2D eigenvalue weighted by molar-refractivity contribution is 6.34. The molecule has 0 bridgehead atoms. The fourth-order valence-corrected chi connectivity index (χ4v) is 1.66. The zero-order valence-electron chi connectivity index (χ0n) is 9.07. The SMILES string of the molecule is COc1ccc2c(Cl)nc(C(C)N)nc2c1. The van der Waals surface area contributed by atoms with E-state index in [-0.39, 0.29) is 6.04 Å². The zero-order chi connectivity index (χ0) is 11.7. The number of fused-ring (bicyclic) bond motifs is 1. The molecule has 84 valence electrons. The molecule has 0 radical (unpaired) electrons. The summed E-state index contributed by atoms with van der Waals surface area (Å²) < 4.78 is 5.13. The maximum atomic E-state index is 6.05. The third-order valence-electron chi connectivity index (χ3n) is 2.28. The third kappa shape index (κ3) is 1.94. The van der Waals surface area contributed by atoms with Crippen LogP contribution in [0.3, 0.4) is 0 Å². The number of hydrogen-bond acceptors (Lipinski definition) is 4. The lowest BCUT2D eigenvalue weighted by molar-refractivity contribution is 0.415. The zero-order valence-corrected chi connectivity index (χ0v) is 9.82. The summed E-state index contributed by atoms with van der Waals surface area (Å²) >= 11 is 6.05. The molecule has 0 amide bonds. The molecule has 0 saturated carbocycles. The van der Waals surface area contributed by atoms with Gasteiger partial charge in [-0.25, -0.2) is 9.97 Å². The van der Waals surface area contributed by atoms with Crippen molar-refractivity contribution in [3.8, 4) is 5.75 Å². The van der Waals surface area contributed by atoms with Crippen LogP contribution in [0.2, 0.25) is 5.15 Å². The minimum absolute atomic E-state index is 0.242. The smallest absolute Gasteiger partial charge is 0.147 e. The predicted octanol–water partition coefficient (Wildman–Crippen LogP) is 2.31. The molecule has 1 atom stereocenters. The lowest BCUT2D eigenvalue weighted by Gasteiger charge is -2.07. The largest absolute Gasteiger partial charge is 0.497 e. The van der Waals surface area contributed by atoms with Crippen molar-refractivity contribution in [1.29, 1.82) is 0 Å². The second kappa shape index (κ2) is 4.23. The highest BCUT2D eigenvalue weighted by atomic mass is 35.5. The fourth-order valence-electron chi connectivity index (χ4n) is 1.42. The van der Waals surface area contributed by atoms with Gasteiger partial charge in [0.15, 0.2) is 0 Å². The van der Waals surface area contributed by atoms with Crippen molar-refractivity contribution in [2.75, 3.05) is 7.11 Å². The standard InChI is InChI=1S/C11H12ClN3O/c1-6(13)11-14-9-5-7(16-2)3-4-8(9)10(12)15-11/h3-6H,13H2,1-2H3. The number of benzene rings is 1. The Balaban J connectivity index is 2.68. The Labute approximate surface area is 98.4 Å². The molecule has 0 aliphatic carbocycles. The van der Waals surface area contributed by atoms with E-state index in [0.29, 0.717) is 11.0 Å². The van der Waals surface area contributed by atoms with Crippen LogP contribution in [0, 0.1) is 0 Å². The number of rotatable bonds is 2. The van der Waals surface area contributed by atoms with Crippen LogP contribution in [0.15, 0.2) is 18.2 Å². The Morgan fingerprint density at radius 1 is 1.38 bits per heavy atom. The normalized spacial score (nSPS) is 12.8. The van der Waals surface area contributed by atoms with Crippen LogP contribution < -0.4 is 10.5 Å². The molecule has 0 saturated heterocycles. The van der Waals surface area contributed by atoms with Gasteiger partial charge in [-0.3, -0.25) is 0 Å². The molecule has 1 aromatic heterocycles. The lowest BCUT2D eigenvalue weighted by atomic mass is 10.2. The van der Waals surface area contributed by atoms with Gasteiger partial charge in [0.1, 0.15) is 16.7 Å². The van der Waals surface area contributed by atoms with Crippen molar-refractivity contribution >= 4 is 22.5 Å². The van der Waals surface area contributed by atoms with E-state index in [1.165, 1.54) is 0 Å². The van der Waals surface area contributed by atoms with Crippen LogP contribution in [0.25, 0.3) is 10.9 Å². The summed E-state index contributed by atoms with van der Waals surface area (Å²) in [6.07, 6.45) is 0. The van der Waals surface area contributed by atoms with Gasteiger partial charge in [0, 0.05) is 11.5 Å². The number of nitrogens with zero attached hydrogens (tertiary/aromatic N) is 2. The maximum absolute atomic E-state index is 6.05. The second-order valence-corrected chi connectivity index (χ2v) is 3.90. The number of hydrogen-bond donors (Lipinski definition) is 1. The first-order valence-electron chi connectivity index (χ1n) is 4.88. The minimum atomic E-state index is -0.242. The highest BCUT2D eigenvalue weighted by Gasteiger charge is 2.09. The summed E-state index contributed by atoms with van der Waals surface area (Å²) in [5.74, 6) is 1.27. The molecule has 1 unspecified atom stereocenters. The molecule has 2 rings (SSSR count). The van der Waals surface area contributed by atoms with E-state index in [0.717, 1.165) is 16.7 Å². The first kappa shape index (κ1) is 11.1. The first-order valence-corrected chi connectivity index (χ1v) is 5.26. The van der Waals surface area contributed by atoms with Gasteiger partial charge in [-0.15, -0.1) is 0 Å². The molecule has 2 aromatic rings. The van der Waals surface area contributed by atoms with Gasteiger partial charge in [0.25, 0.3) is 0 Å². The van der Waals surface area contributed by atoms with E-state index >= 15 is 0 Å². The van der Waals surface area contributed by atoms with Crippen LogP contribution in [-0.4, -0.2) is 17.1 Å². The summed E-state index contributed by atoms with van der Waals surface area (Å²) in [4.78, 5) is 8.49. The van der Waals surface area contributed by atoms with Crippen LogP contribution >= 0.6 is 11.6 Å². The topological polar surface area (TPSA) is 61.0 Å². The fraction of sp³-hybridized carbons (Fsp3) is 0.273. The van der Waals surface area contributed by atoms with E-state index in [1.807, 2.05) is 25.1 Å². The third-order valence-corrected chi connectivity index (χ3v) is 2.57. The molecule has 0 aliphatic heterocycles. The van der Waals surface area contributed by atoms with Gasteiger partial charge < -0.3 is 10.5 Å². The molecule has 4 nitrogen and oxygen atoms in total. The van der Waals surface area contributed by atoms with E-state index in [1.54, 1.807) is 7.11 Å². The molecule has 0 spiro atoms. The number of ether oxygens (including phenoxy) is 1. The summed E-state index contributed by atoms with van der Waals surface area (Å²) in [7, 11) is 1.61. The summed E-state index contributed by atoms with van der Waals surface area (Å²) in [5.41, 5.74) is 6.47. The molecule has 0 fully saturated rings. The monoisotopic (exact) mass is 237 g/mol. The molecular formula is C11H12ClN3O. The quantitative estimate of drug-likeness (QED) is 0.815. The van der Waals surface area contributed by atoms with Gasteiger partial charge in [-0.1, -0.05) is 11.6 Å². The summed E-state index contributed by atoms with van der Waals surface area (Å²) in [5, 5.41) is 1.21. The number of nitrogens with two attached hydrogens (primary N) is 1. The number of halogens is 1. The van der Waals surface area contributed by atoms with E-state index in [9.17, 15) is 0 Å². The van der Waals surface area contributed by atoms with Gasteiger partial charge in [-0.2, -0.15) is 0 Å². The summed E-state index contributed by atoms with van der Waals surface area (Å²) in [6, 6.07) is 5.23. The van der Waals surface area contributed by atoms with Crippen molar-refractivity contribution in [3.63, 3.8) is 0 Å². The first-order chi connectivity index (χ1) is 7.61. The van der Waals surface area contributed by atoms with Gasteiger partial charge >= 0.3 is 0 Å². The average molecular weight is 238 g/mol. The molecule has 1 heterocycles. The van der Waals surface area contributed by atoms with Gasteiger partial charge in [0.2, 0.25) is 0 Å². The molecule has 5 heteroatoms. The van der Waals surface area contributed by atoms with E-state index in [2.05, 4.69) is 9.97 Å². The Hall–Kier alpha value is -1.39. The molecular weight excluding hydrogens is 226 g/mol.